The minimum Gasteiger partial charge on any atom is -0.487 e. The van der Waals surface area contributed by atoms with Gasteiger partial charge in [-0.25, -0.2) is 0 Å². The number of aryl methyl sites for hydroxylation is 1. The van der Waals surface area contributed by atoms with Crippen molar-refractivity contribution in [3.63, 3.8) is 0 Å². The van der Waals surface area contributed by atoms with E-state index in [0.717, 1.165) is 34.2 Å². The molecule has 3 aromatic rings. The molecule has 0 aromatic heterocycles. The van der Waals surface area contributed by atoms with E-state index in [9.17, 15) is 13.0 Å². The summed E-state index contributed by atoms with van der Waals surface area (Å²) in [6.45, 7) is 5.89. The fraction of sp³-hybridized carbons (Fsp3) is 0.167. The van der Waals surface area contributed by atoms with E-state index in [0.29, 0.717) is 6.42 Å². The maximum atomic E-state index is 12.0. The highest BCUT2D eigenvalue weighted by Gasteiger charge is 2.22. The molecule has 0 amide bonds. The van der Waals surface area contributed by atoms with Gasteiger partial charge in [-0.15, -0.1) is 6.58 Å². The second kappa shape index (κ2) is 9.07. The van der Waals surface area contributed by atoms with Crippen molar-refractivity contribution < 1.29 is 17.7 Å². The van der Waals surface area contributed by atoms with Gasteiger partial charge in [-0.05, 0) is 41.7 Å². The molecule has 0 spiro atoms. The molecule has 0 heterocycles. The SMILES string of the molecule is C=CCc1cccc(Cc2c(C)ccc(S(=O)(=O)O)c2OCc2ccccc2)c1. The first-order chi connectivity index (χ1) is 13.9. The molecule has 0 bridgehead atoms. The van der Waals surface area contributed by atoms with Crippen LogP contribution in [-0.4, -0.2) is 13.0 Å². The van der Waals surface area contributed by atoms with E-state index in [2.05, 4.69) is 12.6 Å². The van der Waals surface area contributed by atoms with Gasteiger partial charge in [-0.3, -0.25) is 4.55 Å². The highest BCUT2D eigenvalue weighted by molar-refractivity contribution is 7.86. The smallest absolute Gasteiger partial charge is 0.298 e. The highest BCUT2D eigenvalue weighted by atomic mass is 32.2. The van der Waals surface area contributed by atoms with Gasteiger partial charge >= 0.3 is 0 Å². The molecule has 0 atom stereocenters. The summed E-state index contributed by atoms with van der Waals surface area (Å²) in [5.74, 6) is 0.200. The van der Waals surface area contributed by atoms with Crippen LogP contribution < -0.4 is 4.74 Å². The van der Waals surface area contributed by atoms with E-state index >= 15 is 0 Å². The second-order valence-corrected chi connectivity index (χ2v) is 8.32. The maximum absolute atomic E-state index is 12.0. The molecule has 3 rings (SSSR count). The Morgan fingerprint density at radius 2 is 1.66 bits per heavy atom. The molecule has 5 heteroatoms. The van der Waals surface area contributed by atoms with E-state index in [1.807, 2.05) is 61.5 Å². The van der Waals surface area contributed by atoms with Crippen LogP contribution >= 0.6 is 0 Å². The minimum atomic E-state index is -4.42. The van der Waals surface area contributed by atoms with Gasteiger partial charge in [0, 0.05) is 12.0 Å². The van der Waals surface area contributed by atoms with Crippen LogP contribution in [0.2, 0.25) is 0 Å². The molecule has 0 saturated carbocycles. The third-order valence-corrected chi connectivity index (χ3v) is 5.59. The second-order valence-electron chi connectivity index (χ2n) is 6.93. The molecule has 0 unspecified atom stereocenters. The van der Waals surface area contributed by atoms with Gasteiger partial charge in [0.2, 0.25) is 0 Å². The van der Waals surface area contributed by atoms with Gasteiger partial charge < -0.3 is 4.74 Å². The summed E-state index contributed by atoms with van der Waals surface area (Å²) in [5.41, 5.74) is 4.72. The van der Waals surface area contributed by atoms with Crippen LogP contribution in [0.15, 0.2) is 84.3 Å². The zero-order valence-electron chi connectivity index (χ0n) is 16.3. The first kappa shape index (κ1) is 20.8. The first-order valence-electron chi connectivity index (χ1n) is 9.34. The molecule has 3 aromatic carbocycles. The molecular weight excluding hydrogens is 384 g/mol. The Bertz CT molecular complexity index is 1100. The average molecular weight is 409 g/mol. The third-order valence-electron chi connectivity index (χ3n) is 4.71. The van der Waals surface area contributed by atoms with Crippen molar-refractivity contribution in [1.82, 2.24) is 0 Å². The summed E-state index contributed by atoms with van der Waals surface area (Å²) in [4.78, 5) is -0.212. The van der Waals surface area contributed by atoms with E-state index in [-0.39, 0.29) is 17.3 Å². The fourth-order valence-electron chi connectivity index (χ4n) is 3.25. The lowest BCUT2D eigenvalue weighted by Gasteiger charge is -2.17. The molecule has 150 valence electrons. The number of benzene rings is 3. The Kier molecular flexibility index (Phi) is 6.52. The van der Waals surface area contributed by atoms with Crippen LogP contribution in [0.3, 0.4) is 0 Å². The van der Waals surface area contributed by atoms with Gasteiger partial charge in [-0.1, -0.05) is 66.7 Å². The normalized spacial score (nSPS) is 11.2. The Morgan fingerprint density at radius 1 is 0.966 bits per heavy atom. The lowest BCUT2D eigenvalue weighted by atomic mass is 9.97. The summed E-state index contributed by atoms with van der Waals surface area (Å²) < 4.78 is 39.7. The number of hydrogen-bond acceptors (Lipinski definition) is 3. The minimum absolute atomic E-state index is 0.200. The zero-order valence-corrected chi connectivity index (χ0v) is 17.2. The maximum Gasteiger partial charge on any atom is 0.298 e. The Balaban J connectivity index is 2.02. The average Bonchev–Trinajstić information content (AvgIpc) is 2.69. The fourth-order valence-corrected chi connectivity index (χ4v) is 3.91. The molecule has 0 radical (unpaired) electrons. The molecule has 0 aliphatic carbocycles. The van der Waals surface area contributed by atoms with E-state index in [1.165, 1.54) is 6.07 Å². The predicted octanol–water partition coefficient (Wildman–Crippen LogP) is 5.14. The van der Waals surface area contributed by atoms with Crippen LogP contribution in [0.4, 0.5) is 0 Å². The van der Waals surface area contributed by atoms with Gasteiger partial charge in [0.1, 0.15) is 17.3 Å². The van der Waals surface area contributed by atoms with E-state index < -0.39 is 10.1 Å². The summed E-state index contributed by atoms with van der Waals surface area (Å²) in [7, 11) is -4.42. The van der Waals surface area contributed by atoms with Crippen LogP contribution in [0, 0.1) is 6.92 Å². The molecule has 0 aliphatic rings. The van der Waals surface area contributed by atoms with Gasteiger partial charge in [0.25, 0.3) is 10.1 Å². The number of allylic oxidation sites excluding steroid dienone is 1. The summed E-state index contributed by atoms with van der Waals surface area (Å²) in [6.07, 6.45) is 3.09. The third kappa shape index (κ3) is 5.34. The van der Waals surface area contributed by atoms with Crippen molar-refractivity contribution in [2.75, 3.05) is 0 Å². The molecule has 4 nitrogen and oxygen atoms in total. The summed E-state index contributed by atoms with van der Waals surface area (Å²) >= 11 is 0. The monoisotopic (exact) mass is 408 g/mol. The van der Waals surface area contributed by atoms with Crippen molar-refractivity contribution in [3.8, 4) is 5.75 Å². The number of ether oxygens (including phenoxy) is 1. The highest BCUT2D eigenvalue weighted by Crippen LogP contribution is 2.33. The molecule has 0 saturated heterocycles. The lowest BCUT2D eigenvalue weighted by Crippen LogP contribution is -2.08. The number of hydrogen-bond donors (Lipinski definition) is 1. The van der Waals surface area contributed by atoms with Gasteiger partial charge in [-0.2, -0.15) is 8.42 Å². The molecule has 0 aliphatic heterocycles. The van der Waals surface area contributed by atoms with Crippen LogP contribution in [0.1, 0.15) is 27.8 Å². The quantitative estimate of drug-likeness (QED) is 0.414. The Labute approximate surface area is 172 Å². The first-order valence-corrected chi connectivity index (χ1v) is 10.8. The Morgan fingerprint density at radius 3 is 2.34 bits per heavy atom. The van der Waals surface area contributed by atoms with Crippen molar-refractivity contribution in [2.24, 2.45) is 0 Å². The van der Waals surface area contributed by atoms with E-state index in [1.54, 1.807) is 6.07 Å². The van der Waals surface area contributed by atoms with Crippen molar-refractivity contribution in [3.05, 3.63) is 107 Å². The lowest BCUT2D eigenvalue weighted by molar-refractivity contribution is 0.293. The molecular formula is C24H24O4S. The molecule has 0 fully saturated rings. The van der Waals surface area contributed by atoms with E-state index in [4.69, 9.17) is 4.74 Å². The van der Waals surface area contributed by atoms with Crippen LogP contribution in [0.25, 0.3) is 0 Å². The van der Waals surface area contributed by atoms with Crippen LogP contribution in [-0.2, 0) is 29.6 Å². The van der Waals surface area contributed by atoms with Crippen LogP contribution in [0.5, 0.6) is 5.75 Å². The summed E-state index contributed by atoms with van der Waals surface area (Å²) in [6, 6.07) is 20.7. The topological polar surface area (TPSA) is 63.6 Å². The van der Waals surface area contributed by atoms with Gasteiger partial charge in [0.05, 0.1) is 0 Å². The summed E-state index contributed by atoms with van der Waals surface area (Å²) in [5, 5.41) is 0. The number of rotatable bonds is 8. The molecule has 1 N–H and O–H groups in total. The Hall–Kier alpha value is -2.89. The zero-order chi connectivity index (χ0) is 20.9. The van der Waals surface area contributed by atoms with Crippen molar-refractivity contribution in [1.29, 1.82) is 0 Å². The van der Waals surface area contributed by atoms with Gasteiger partial charge in [0.15, 0.2) is 0 Å². The van der Waals surface area contributed by atoms with Crippen molar-refractivity contribution >= 4 is 10.1 Å². The largest absolute Gasteiger partial charge is 0.487 e. The molecule has 29 heavy (non-hydrogen) atoms. The standard InChI is InChI=1S/C24H24O4S/c1-3-8-19-11-7-12-21(15-19)16-22-18(2)13-14-23(29(25,26)27)24(22)28-17-20-9-5-4-6-10-20/h3-7,9-15H,1,8,16-17H2,2H3,(H,25,26,27). The predicted molar refractivity (Wildman–Crippen MR) is 115 cm³/mol. The van der Waals surface area contributed by atoms with Crippen molar-refractivity contribution in [2.45, 2.75) is 31.3 Å².